The van der Waals surface area contributed by atoms with Crippen molar-refractivity contribution in [2.45, 2.75) is 24.2 Å². The third-order valence-electron chi connectivity index (χ3n) is 4.20. The zero-order chi connectivity index (χ0) is 15.4. The van der Waals surface area contributed by atoms with E-state index in [9.17, 15) is 8.42 Å². The lowest BCUT2D eigenvalue weighted by molar-refractivity contribution is 0.233. The SMILES string of the molecule is O=S(=O)(NCCN1CCCCC1)c1ccc2ccccc2c1. The Morgan fingerprint density at radius 2 is 1.68 bits per heavy atom. The summed E-state index contributed by atoms with van der Waals surface area (Å²) in [6.07, 6.45) is 3.73. The predicted molar refractivity (Wildman–Crippen MR) is 89.4 cm³/mol. The molecule has 0 aliphatic carbocycles. The number of piperidine rings is 1. The van der Waals surface area contributed by atoms with E-state index in [-0.39, 0.29) is 0 Å². The Morgan fingerprint density at radius 3 is 2.45 bits per heavy atom. The van der Waals surface area contributed by atoms with Gasteiger partial charge in [-0.3, -0.25) is 0 Å². The van der Waals surface area contributed by atoms with E-state index in [1.54, 1.807) is 12.1 Å². The molecular formula is C17H22N2O2S. The minimum Gasteiger partial charge on any atom is -0.302 e. The van der Waals surface area contributed by atoms with Crippen LogP contribution >= 0.6 is 0 Å². The molecule has 1 N–H and O–H groups in total. The molecule has 22 heavy (non-hydrogen) atoms. The second kappa shape index (κ2) is 6.77. The Hall–Kier alpha value is -1.43. The van der Waals surface area contributed by atoms with E-state index in [2.05, 4.69) is 9.62 Å². The van der Waals surface area contributed by atoms with Crippen LogP contribution in [0.3, 0.4) is 0 Å². The lowest BCUT2D eigenvalue weighted by atomic mass is 10.1. The van der Waals surface area contributed by atoms with Crippen LogP contribution in [0.1, 0.15) is 19.3 Å². The van der Waals surface area contributed by atoms with Gasteiger partial charge in [0.15, 0.2) is 0 Å². The molecule has 0 atom stereocenters. The van der Waals surface area contributed by atoms with E-state index in [0.717, 1.165) is 30.4 Å². The molecule has 0 bridgehead atoms. The fraction of sp³-hybridized carbons (Fsp3) is 0.412. The minimum absolute atomic E-state index is 0.338. The maximum atomic E-state index is 12.4. The summed E-state index contributed by atoms with van der Waals surface area (Å²) in [5, 5.41) is 2.00. The molecule has 2 aromatic rings. The number of hydrogen-bond acceptors (Lipinski definition) is 3. The van der Waals surface area contributed by atoms with Gasteiger partial charge in [0, 0.05) is 13.1 Å². The second-order valence-electron chi connectivity index (χ2n) is 5.81. The fourth-order valence-electron chi connectivity index (χ4n) is 2.94. The highest BCUT2D eigenvalue weighted by molar-refractivity contribution is 7.89. The van der Waals surface area contributed by atoms with Gasteiger partial charge in [-0.2, -0.15) is 0 Å². The van der Waals surface area contributed by atoms with E-state index in [0.29, 0.717) is 11.4 Å². The molecule has 5 heteroatoms. The first-order valence-corrected chi connectivity index (χ1v) is 9.34. The number of rotatable bonds is 5. The number of hydrogen-bond donors (Lipinski definition) is 1. The number of benzene rings is 2. The molecule has 4 nitrogen and oxygen atoms in total. The normalized spacial score (nSPS) is 16.9. The van der Waals surface area contributed by atoms with Crippen LogP contribution < -0.4 is 4.72 Å². The number of sulfonamides is 1. The van der Waals surface area contributed by atoms with Crippen LogP contribution in [0.25, 0.3) is 10.8 Å². The highest BCUT2D eigenvalue weighted by Crippen LogP contribution is 2.18. The van der Waals surface area contributed by atoms with E-state index in [1.165, 1.54) is 19.3 Å². The third kappa shape index (κ3) is 3.66. The summed E-state index contributed by atoms with van der Waals surface area (Å²) in [4.78, 5) is 2.66. The molecule has 3 rings (SSSR count). The first-order valence-electron chi connectivity index (χ1n) is 7.86. The molecule has 0 spiro atoms. The summed E-state index contributed by atoms with van der Waals surface area (Å²) in [7, 11) is -3.43. The van der Waals surface area contributed by atoms with Crippen molar-refractivity contribution in [3.05, 3.63) is 42.5 Å². The van der Waals surface area contributed by atoms with Gasteiger partial charge < -0.3 is 4.90 Å². The molecule has 0 unspecified atom stereocenters. The van der Waals surface area contributed by atoms with Gasteiger partial charge in [0.2, 0.25) is 10.0 Å². The first kappa shape index (κ1) is 15.5. The van der Waals surface area contributed by atoms with E-state index in [1.807, 2.05) is 30.3 Å². The van der Waals surface area contributed by atoms with Crippen molar-refractivity contribution in [2.75, 3.05) is 26.2 Å². The van der Waals surface area contributed by atoms with Crippen LogP contribution in [0.15, 0.2) is 47.4 Å². The van der Waals surface area contributed by atoms with E-state index >= 15 is 0 Å². The highest BCUT2D eigenvalue weighted by atomic mass is 32.2. The van der Waals surface area contributed by atoms with Crippen LogP contribution in [0.2, 0.25) is 0 Å². The molecule has 1 heterocycles. The van der Waals surface area contributed by atoms with E-state index < -0.39 is 10.0 Å². The van der Waals surface area contributed by atoms with Crippen molar-refractivity contribution in [1.82, 2.24) is 9.62 Å². The zero-order valence-electron chi connectivity index (χ0n) is 12.7. The summed E-state index contributed by atoms with van der Waals surface area (Å²) in [5.41, 5.74) is 0. The lowest BCUT2D eigenvalue weighted by Crippen LogP contribution is -2.37. The smallest absolute Gasteiger partial charge is 0.240 e. The van der Waals surface area contributed by atoms with Crippen molar-refractivity contribution in [3.8, 4) is 0 Å². The number of likely N-dealkylation sites (tertiary alicyclic amines) is 1. The largest absolute Gasteiger partial charge is 0.302 e. The maximum Gasteiger partial charge on any atom is 0.240 e. The second-order valence-corrected chi connectivity index (χ2v) is 7.58. The third-order valence-corrected chi connectivity index (χ3v) is 5.66. The van der Waals surface area contributed by atoms with Crippen molar-refractivity contribution in [1.29, 1.82) is 0 Å². The van der Waals surface area contributed by atoms with Gasteiger partial charge in [-0.05, 0) is 48.8 Å². The molecular weight excluding hydrogens is 296 g/mol. The van der Waals surface area contributed by atoms with Crippen molar-refractivity contribution in [3.63, 3.8) is 0 Å². The standard InChI is InChI=1S/C17H22N2O2S/c20-22(21,18-10-13-19-11-4-1-5-12-19)17-9-8-15-6-2-3-7-16(15)14-17/h2-3,6-9,14,18H,1,4-5,10-13H2. The van der Waals surface area contributed by atoms with Gasteiger partial charge in [0.25, 0.3) is 0 Å². The minimum atomic E-state index is -3.43. The van der Waals surface area contributed by atoms with Gasteiger partial charge >= 0.3 is 0 Å². The molecule has 0 aromatic heterocycles. The quantitative estimate of drug-likeness (QED) is 0.922. The molecule has 0 saturated carbocycles. The molecule has 2 aromatic carbocycles. The fourth-order valence-corrected chi connectivity index (χ4v) is 4.00. The predicted octanol–water partition coefficient (Wildman–Crippen LogP) is 2.60. The first-order chi connectivity index (χ1) is 10.6. The molecule has 0 amide bonds. The Balaban J connectivity index is 1.65. The van der Waals surface area contributed by atoms with Crippen LogP contribution in [-0.2, 0) is 10.0 Å². The summed E-state index contributed by atoms with van der Waals surface area (Å²) in [6, 6.07) is 13.0. The molecule has 1 aliphatic rings. The monoisotopic (exact) mass is 318 g/mol. The van der Waals surface area contributed by atoms with Crippen molar-refractivity contribution in [2.24, 2.45) is 0 Å². The van der Waals surface area contributed by atoms with Crippen LogP contribution in [0.5, 0.6) is 0 Å². The van der Waals surface area contributed by atoms with Crippen LogP contribution in [0, 0.1) is 0 Å². The van der Waals surface area contributed by atoms with E-state index in [4.69, 9.17) is 0 Å². The van der Waals surface area contributed by atoms with Gasteiger partial charge in [-0.15, -0.1) is 0 Å². The average molecular weight is 318 g/mol. The van der Waals surface area contributed by atoms with Gasteiger partial charge in [0.1, 0.15) is 0 Å². The molecule has 0 radical (unpaired) electrons. The molecule has 118 valence electrons. The number of nitrogens with zero attached hydrogens (tertiary/aromatic N) is 1. The number of fused-ring (bicyclic) bond motifs is 1. The van der Waals surface area contributed by atoms with Crippen LogP contribution in [0.4, 0.5) is 0 Å². The topological polar surface area (TPSA) is 49.4 Å². The number of nitrogens with one attached hydrogen (secondary N) is 1. The molecule has 1 fully saturated rings. The Morgan fingerprint density at radius 1 is 0.955 bits per heavy atom. The van der Waals surface area contributed by atoms with Gasteiger partial charge in [0.05, 0.1) is 4.90 Å². The lowest BCUT2D eigenvalue weighted by Gasteiger charge is -2.26. The van der Waals surface area contributed by atoms with Crippen molar-refractivity contribution >= 4 is 20.8 Å². The Labute approximate surface area is 132 Å². The Bertz CT molecular complexity index is 737. The molecule has 1 saturated heterocycles. The summed E-state index contributed by atoms with van der Waals surface area (Å²) >= 11 is 0. The van der Waals surface area contributed by atoms with Crippen LogP contribution in [-0.4, -0.2) is 39.5 Å². The molecule has 1 aliphatic heterocycles. The summed E-state index contributed by atoms with van der Waals surface area (Å²) in [6.45, 7) is 3.41. The van der Waals surface area contributed by atoms with Gasteiger partial charge in [-0.25, -0.2) is 13.1 Å². The highest BCUT2D eigenvalue weighted by Gasteiger charge is 2.15. The zero-order valence-corrected chi connectivity index (χ0v) is 13.5. The maximum absolute atomic E-state index is 12.4. The van der Waals surface area contributed by atoms with Gasteiger partial charge in [-0.1, -0.05) is 36.8 Å². The Kier molecular flexibility index (Phi) is 4.76. The van der Waals surface area contributed by atoms with Crippen molar-refractivity contribution < 1.29 is 8.42 Å². The summed E-state index contributed by atoms with van der Waals surface area (Å²) in [5.74, 6) is 0. The summed E-state index contributed by atoms with van der Waals surface area (Å²) < 4.78 is 27.5. The average Bonchev–Trinajstić information content (AvgIpc) is 2.55.